The average Bonchev–Trinajstić information content (AvgIpc) is 2.98. The molecular weight excluding hydrogens is 339 g/mol. The van der Waals surface area contributed by atoms with Gasteiger partial charge in [-0.1, -0.05) is 35.9 Å². The summed E-state index contributed by atoms with van der Waals surface area (Å²) in [5.41, 5.74) is 3.24. The molecule has 122 valence electrons. The molecule has 2 heterocycles. The number of pyridine rings is 1. The molecular formula is C17H11ClF3N3. The first-order valence-electron chi connectivity index (χ1n) is 7.33. The van der Waals surface area contributed by atoms with Gasteiger partial charge in [0.1, 0.15) is 0 Å². The molecule has 1 aromatic carbocycles. The number of aromatic nitrogens is 3. The Kier molecular flexibility index (Phi) is 3.38. The summed E-state index contributed by atoms with van der Waals surface area (Å²) in [4.78, 5) is 3.86. The molecule has 3 aromatic rings. The SMILES string of the molecule is FC(F)(F)c1cnc(-n2cc3c(n2)-c2ccccc2CC3)c(Cl)c1. The summed E-state index contributed by atoms with van der Waals surface area (Å²) in [6.07, 6.45) is -0.187. The van der Waals surface area contributed by atoms with Crippen LogP contribution in [0.1, 0.15) is 16.7 Å². The Bertz CT molecular complexity index is 931. The van der Waals surface area contributed by atoms with Crippen molar-refractivity contribution in [2.24, 2.45) is 0 Å². The summed E-state index contributed by atoms with van der Waals surface area (Å²) in [5.74, 6) is 0.191. The molecule has 0 radical (unpaired) electrons. The van der Waals surface area contributed by atoms with E-state index in [2.05, 4.69) is 16.1 Å². The molecule has 0 N–H and O–H groups in total. The maximum atomic E-state index is 12.7. The van der Waals surface area contributed by atoms with Crippen LogP contribution in [0.25, 0.3) is 17.1 Å². The van der Waals surface area contributed by atoms with E-state index in [0.717, 1.165) is 41.9 Å². The highest BCUT2D eigenvalue weighted by molar-refractivity contribution is 6.32. The van der Waals surface area contributed by atoms with E-state index in [1.807, 2.05) is 18.2 Å². The summed E-state index contributed by atoms with van der Waals surface area (Å²) in [6, 6.07) is 8.84. The van der Waals surface area contributed by atoms with Gasteiger partial charge in [0.15, 0.2) is 5.82 Å². The minimum Gasteiger partial charge on any atom is -0.235 e. The van der Waals surface area contributed by atoms with Crippen LogP contribution < -0.4 is 0 Å². The number of benzene rings is 1. The zero-order valence-corrected chi connectivity index (χ0v) is 13.1. The molecule has 2 aromatic heterocycles. The Morgan fingerprint density at radius 3 is 2.58 bits per heavy atom. The molecule has 0 fully saturated rings. The Morgan fingerprint density at radius 1 is 1.08 bits per heavy atom. The maximum absolute atomic E-state index is 12.7. The van der Waals surface area contributed by atoms with Crippen LogP contribution in [0.5, 0.6) is 0 Å². The summed E-state index contributed by atoms with van der Waals surface area (Å²) in [6.45, 7) is 0. The van der Waals surface area contributed by atoms with Crippen molar-refractivity contribution < 1.29 is 13.2 Å². The van der Waals surface area contributed by atoms with Crippen LogP contribution in [-0.4, -0.2) is 14.8 Å². The molecule has 7 heteroatoms. The molecule has 1 aliphatic rings. The van der Waals surface area contributed by atoms with E-state index in [0.29, 0.717) is 0 Å². The van der Waals surface area contributed by atoms with Gasteiger partial charge in [-0.05, 0) is 30.0 Å². The number of hydrogen-bond acceptors (Lipinski definition) is 2. The monoisotopic (exact) mass is 349 g/mol. The van der Waals surface area contributed by atoms with Gasteiger partial charge >= 0.3 is 6.18 Å². The third-order valence-electron chi connectivity index (χ3n) is 4.09. The number of fused-ring (bicyclic) bond motifs is 3. The van der Waals surface area contributed by atoms with Crippen molar-refractivity contribution in [2.75, 3.05) is 0 Å². The van der Waals surface area contributed by atoms with Gasteiger partial charge in [-0.3, -0.25) is 0 Å². The van der Waals surface area contributed by atoms with Gasteiger partial charge in [0, 0.05) is 18.0 Å². The highest BCUT2D eigenvalue weighted by atomic mass is 35.5. The van der Waals surface area contributed by atoms with E-state index in [9.17, 15) is 13.2 Å². The van der Waals surface area contributed by atoms with Crippen LogP contribution >= 0.6 is 11.6 Å². The summed E-state index contributed by atoms with van der Waals surface area (Å²) in [7, 11) is 0. The highest BCUT2D eigenvalue weighted by Crippen LogP contribution is 2.35. The van der Waals surface area contributed by atoms with Gasteiger partial charge in [-0.25, -0.2) is 9.67 Å². The van der Waals surface area contributed by atoms with Crippen LogP contribution in [0.3, 0.4) is 0 Å². The predicted molar refractivity (Wildman–Crippen MR) is 84.2 cm³/mol. The van der Waals surface area contributed by atoms with Gasteiger partial charge in [0.2, 0.25) is 0 Å². The molecule has 0 aliphatic heterocycles. The number of alkyl halides is 3. The van der Waals surface area contributed by atoms with Crippen LogP contribution in [-0.2, 0) is 19.0 Å². The molecule has 1 aliphatic carbocycles. The van der Waals surface area contributed by atoms with E-state index in [-0.39, 0.29) is 10.8 Å². The van der Waals surface area contributed by atoms with Crippen LogP contribution in [0.4, 0.5) is 13.2 Å². The number of hydrogen-bond donors (Lipinski definition) is 0. The molecule has 0 unspecified atom stereocenters. The van der Waals surface area contributed by atoms with Gasteiger partial charge in [-0.2, -0.15) is 18.3 Å². The zero-order chi connectivity index (χ0) is 16.9. The van der Waals surface area contributed by atoms with E-state index in [4.69, 9.17) is 11.6 Å². The molecule has 24 heavy (non-hydrogen) atoms. The van der Waals surface area contributed by atoms with Crippen molar-refractivity contribution in [2.45, 2.75) is 19.0 Å². The van der Waals surface area contributed by atoms with Crippen molar-refractivity contribution in [3.63, 3.8) is 0 Å². The molecule has 0 amide bonds. The second kappa shape index (κ2) is 5.34. The quantitative estimate of drug-likeness (QED) is 0.637. The molecule has 0 spiro atoms. The van der Waals surface area contributed by atoms with E-state index < -0.39 is 11.7 Å². The predicted octanol–water partition coefficient (Wildman–Crippen LogP) is 4.71. The zero-order valence-electron chi connectivity index (χ0n) is 12.3. The van der Waals surface area contributed by atoms with Crippen molar-refractivity contribution in [1.82, 2.24) is 14.8 Å². The van der Waals surface area contributed by atoms with E-state index >= 15 is 0 Å². The Balaban J connectivity index is 1.79. The Labute approximate surface area is 140 Å². The number of nitrogens with zero attached hydrogens (tertiary/aromatic N) is 3. The van der Waals surface area contributed by atoms with Gasteiger partial charge in [-0.15, -0.1) is 0 Å². The van der Waals surface area contributed by atoms with Crippen molar-refractivity contribution in [1.29, 1.82) is 0 Å². The summed E-state index contributed by atoms with van der Waals surface area (Å²) >= 11 is 6.01. The minimum atomic E-state index is -4.47. The van der Waals surface area contributed by atoms with Gasteiger partial charge < -0.3 is 0 Å². The van der Waals surface area contributed by atoms with E-state index in [1.165, 1.54) is 10.2 Å². The fraction of sp³-hybridized carbons (Fsp3) is 0.176. The fourth-order valence-electron chi connectivity index (χ4n) is 2.92. The number of aryl methyl sites for hydroxylation is 2. The van der Waals surface area contributed by atoms with Crippen molar-refractivity contribution >= 4 is 11.6 Å². The smallest absolute Gasteiger partial charge is 0.235 e. The van der Waals surface area contributed by atoms with Crippen LogP contribution in [0, 0.1) is 0 Å². The molecule has 0 atom stereocenters. The molecule has 0 saturated carbocycles. The Morgan fingerprint density at radius 2 is 1.83 bits per heavy atom. The highest BCUT2D eigenvalue weighted by Gasteiger charge is 2.32. The number of rotatable bonds is 1. The lowest BCUT2D eigenvalue weighted by atomic mass is 9.91. The standard InChI is InChI=1S/C17H11ClF3N3/c18-14-7-12(17(19,20)21)8-22-16(14)24-9-11-6-5-10-3-1-2-4-13(10)15(11)23-24/h1-4,7-9H,5-6H2. The van der Waals surface area contributed by atoms with Crippen LogP contribution in [0.2, 0.25) is 5.02 Å². The summed E-state index contributed by atoms with van der Waals surface area (Å²) in [5, 5.41) is 4.42. The summed E-state index contributed by atoms with van der Waals surface area (Å²) < 4.78 is 39.6. The topological polar surface area (TPSA) is 30.7 Å². The molecule has 0 saturated heterocycles. The first-order chi connectivity index (χ1) is 11.4. The van der Waals surface area contributed by atoms with Crippen LogP contribution in [0.15, 0.2) is 42.7 Å². The minimum absolute atomic E-state index is 0.0852. The first-order valence-corrected chi connectivity index (χ1v) is 7.71. The van der Waals surface area contributed by atoms with Gasteiger partial charge in [0.05, 0.1) is 16.3 Å². The lowest BCUT2D eigenvalue weighted by Crippen LogP contribution is -2.08. The second-order valence-corrected chi connectivity index (χ2v) is 6.04. The van der Waals surface area contributed by atoms with Crippen molar-refractivity contribution in [3.8, 4) is 17.1 Å². The normalized spacial score (nSPS) is 13.5. The molecule has 4 rings (SSSR count). The maximum Gasteiger partial charge on any atom is 0.417 e. The molecule has 0 bridgehead atoms. The second-order valence-electron chi connectivity index (χ2n) is 5.63. The average molecular weight is 350 g/mol. The molecule has 3 nitrogen and oxygen atoms in total. The fourth-order valence-corrected chi connectivity index (χ4v) is 3.17. The number of halogens is 4. The van der Waals surface area contributed by atoms with E-state index in [1.54, 1.807) is 6.20 Å². The third-order valence-corrected chi connectivity index (χ3v) is 4.37. The van der Waals surface area contributed by atoms with Crippen molar-refractivity contribution in [3.05, 3.63) is 64.4 Å². The van der Waals surface area contributed by atoms with Gasteiger partial charge in [0.25, 0.3) is 0 Å². The largest absolute Gasteiger partial charge is 0.417 e. The first kappa shape index (κ1) is 15.2. The Hall–Kier alpha value is -2.34. The lowest BCUT2D eigenvalue weighted by Gasteiger charge is -2.13. The third kappa shape index (κ3) is 2.47. The lowest BCUT2D eigenvalue weighted by molar-refractivity contribution is -0.137.